The summed E-state index contributed by atoms with van der Waals surface area (Å²) >= 11 is 0. The first-order valence-electron chi connectivity index (χ1n) is 10.8. The van der Waals surface area contributed by atoms with Crippen molar-refractivity contribution in [3.63, 3.8) is 0 Å². The predicted molar refractivity (Wildman–Crippen MR) is 113 cm³/mol. The molecule has 0 amide bonds. The van der Waals surface area contributed by atoms with Gasteiger partial charge in [-0.2, -0.15) is 0 Å². The molecule has 0 saturated heterocycles. The van der Waals surface area contributed by atoms with Crippen molar-refractivity contribution in [1.29, 1.82) is 0 Å². The smallest absolute Gasteiger partial charge is 0.128 e. The maximum Gasteiger partial charge on any atom is 0.128 e. The van der Waals surface area contributed by atoms with E-state index in [4.69, 9.17) is 15.5 Å². The van der Waals surface area contributed by atoms with Crippen LogP contribution in [0.3, 0.4) is 0 Å². The van der Waals surface area contributed by atoms with E-state index in [2.05, 4.69) is 11.0 Å². The molecule has 30 heavy (non-hydrogen) atoms. The first kappa shape index (κ1) is 18.5. The maximum atomic E-state index is 14.7. The van der Waals surface area contributed by atoms with Gasteiger partial charge in [0.05, 0.1) is 30.1 Å². The molecule has 0 saturated carbocycles. The van der Waals surface area contributed by atoms with E-state index in [1.807, 2.05) is 13.8 Å². The summed E-state index contributed by atoms with van der Waals surface area (Å²) in [6, 6.07) is 1.49. The number of aromatic nitrogens is 1. The number of ether oxygens (including phenoxy) is 1. The Hall–Kier alpha value is -2.28. The summed E-state index contributed by atoms with van der Waals surface area (Å²) < 4.78 is 20.4. The lowest BCUT2D eigenvalue weighted by Gasteiger charge is -2.39. The van der Waals surface area contributed by atoms with Gasteiger partial charge >= 0.3 is 0 Å². The number of nitrogens with two attached hydrogens (primary N) is 1. The zero-order valence-electron chi connectivity index (χ0n) is 17.4. The van der Waals surface area contributed by atoms with Crippen molar-refractivity contribution >= 4 is 16.6 Å². The Morgan fingerprint density at radius 1 is 1.37 bits per heavy atom. The van der Waals surface area contributed by atoms with Gasteiger partial charge in [-0.15, -0.1) is 0 Å². The second-order valence-electron chi connectivity index (χ2n) is 9.13. The van der Waals surface area contributed by atoms with Crippen molar-refractivity contribution < 1.29 is 14.2 Å². The summed E-state index contributed by atoms with van der Waals surface area (Å²) in [5.41, 5.74) is 14.4. The van der Waals surface area contributed by atoms with Crippen molar-refractivity contribution in [2.75, 3.05) is 19.8 Å². The molecule has 6 heteroatoms. The van der Waals surface area contributed by atoms with Crippen molar-refractivity contribution in [3.8, 4) is 0 Å². The first-order chi connectivity index (χ1) is 14.4. The Bertz CT molecular complexity index is 1190. The summed E-state index contributed by atoms with van der Waals surface area (Å²) in [6.45, 7) is 6.15. The highest BCUT2D eigenvalue weighted by Gasteiger charge is 2.41. The van der Waals surface area contributed by atoms with E-state index < -0.39 is 5.60 Å². The number of aliphatic hydroxyl groups is 1. The minimum Gasteiger partial charge on any atom is -0.383 e. The molecule has 0 spiro atoms. The number of pyridine rings is 1. The van der Waals surface area contributed by atoms with Gasteiger partial charge in [-0.3, -0.25) is 0 Å². The minimum atomic E-state index is -0.965. The topological polar surface area (TPSA) is 71.6 Å². The predicted octanol–water partition coefficient (Wildman–Crippen LogP) is 3.27. The lowest BCUT2D eigenvalue weighted by molar-refractivity contribution is -0.0311. The third-order valence-corrected chi connectivity index (χ3v) is 7.50. The van der Waals surface area contributed by atoms with Gasteiger partial charge in [-0.05, 0) is 60.1 Å². The van der Waals surface area contributed by atoms with E-state index in [-0.39, 0.29) is 11.9 Å². The van der Waals surface area contributed by atoms with E-state index in [0.717, 1.165) is 69.6 Å². The molecule has 1 aromatic heterocycles. The van der Waals surface area contributed by atoms with Crippen molar-refractivity contribution in [3.05, 3.63) is 57.1 Å². The number of fused-ring (bicyclic) bond motifs is 4. The number of hydrogen-bond acceptors (Lipinski definition) is 5. The van der Waals surface area contributed by atoms with E-state index in [0.29, 0.717) is 31.7 Å². The monoisotopic (exact) mass is 407 g/mol. The van der Waals surface area contributed by atoms with Crippen molar-refractivity contribution in [1.82, 2.24) is 9.88 Å². The second kappa shape index (κ2) is 6.13. The first-order valence-corrected chi connectivity index (χ1v) is 10.8. The van der Waals surface area contributed by atoms with E-state index >= 15 is 0 Å². The van der Waals surface area contributed by atoms with Crippen LogP contribution in [0.4, 0.5) is 4.39 Å². The summed E-state index contributed by atoms with van der Waals surface area (Å²) in [6.07, 6.45) is 4.29. The lowest BCUT2D eigenvalue weighted by atomic mass is 9.82. The molecule has 3 aliphatic heterocycles. The molecule has 0 bridgehead atoms. The number of benzene rings is 1. The molecule has 1 aromatic carbocycles. The fraction of sp³-hybridized carbons (Fsp3) is 0.458. The normalized spacial score (nSPS) is 27.2. The van der Waals surface area contributed by atoms with Crippen LogP contribution in [0, 0.1) is 12.7 Å². The highest BCUT2D eigenvalue weighted by Crippen LogP contribution is 2.47. The highest BCUT2D eigenvalue weighted by atomic mass is 19.1. The van der Waals surface area contributed by atoms with E-state index in [1.165, 1.54) is 0 Å². The zero-order valence-corrected chi connectivity index (χ0v) is 17.4. The zero-order chi connectivity index (χ0) is 20.8. The van der Waals surface area contributed by atoms with Crippen molar-refractivity contribution in [2.24, 2.45) is 5.73 Å². The van der Waals surface area contributed by atoms with Crippen LogP contribution in [0.5, 0.6) is 0 Å². The highest BCUT2D eigenvalue weighted by molar-refractivity contribution is 5.92. The quantitative estimate of drug-likeness (QED) is 0.759. The van der Waals surface area contributed by atoms with E-state index in [1.54, 1.807) is 6.07 Å². The third-order valence-electron chi connectivity index (χ3n) is 7.50. The molecule has 0 fully saturated rings. The molecule has 1 aliphatic carbocycles. The minimum absolute atomic E-state index is 0.0675. The van der Waals surface area contributed by atoms with E-state index in [9.17, 15) is 9.50 Å². The fourth-order valence-electron chi connectivity index (χ4n) is 5.76. The molecular formula is C24H26FN3O2. The van der Waals surface area contributed by atoms with Crippen LogP contribution in [0.25, 0.3) is 16.6 Å². The molecule has 4 heterocycles. The SMILES string of the molecule is CC[C@]1(O)COCC2=C1C=C1c3nc4cc(F)c(C)c5c4c(c3CN1C2)[C@H](N)CC5. The summed E-state index contributed by atoms with van der Waals surface area (Å²) in [5.74, 6) is -0.200. The van der Waals surface area contributed by atoms with Gasteiger partial charge in [0.2, 0.25) is 0 Å². The van der Waals surface area contributed by atoms with Crippen LogP contribution in [0.2, 0.25) is 0 Å². The molecule has 4 aliphatic rings. The van der Waals surface area contributed by atoms with Gasteiger partial charge in [-0.25, -0.2) is 9.37 Å². The number of rotatable bonds is 1. The maximum absolute atomic E-state index is 14.7. The van der Waals surface area contributed by atoms with Crippen LogP contribution in [0.15, 0.2) is 23.3 Å². The van der Waals surface area contributed by atoms with Gasteiger partial charge in [0.1, 0.15) is 11.4 Å². The lowest BCUT2D eigenvalue weighted by Crippen LogP contribution is -2.43. The molecule has 156 valence electrons. The Labute approximate surface area is 175 Å². The largest absolute Gasteiger partial charge is 0.383 e. The van der Waals surface area contributed by atoms with Crippen LogP contribution in [-0.2, 0) is 17.7 Å². The summed E-state index contributed by atoms with van der Waals surface area (Å²) in [5, 5.41) is 12.2. The van der Waals surface area contributed by atoms with Gasteiger partial charge < -0.3 is 20.5 Å². The van der Waals surface area contributed by atoms with Gasteiger partial charge in [-0.1, -0.05) is 6.92 Å². The Kier molecular flexibility index (Phi) is 3.77. The second-order valence-corrected chi connectivity index (χ2v) is 9.13. The van der Waals surface area contributed by atoms with Crippen LogP contribution < -0.4 is 5.73 Å². The number of nitrogens with zero attached hydrogens (tertiary/aromatic N) is 2. The van der Waals surface area contributed by atoms with Crippen LogP contribution in [0.1, 0.15) is 53.8 Å². The number of hydrogen-bond donors (Lipinski definition) is 2. The molecule has 2 atom stereocenters. The Morgan fingerprint density at radius 2 is 2.20 bits per heavy atom. The van der Waals surface area contributed by atoms with Gasteiger partial charge in [0.25, 0.3) is 0 Å². The van der Waals surface area contributed by atoms with Crippen LogP contribution >= 0.6 is 0 Å². The number of halogens is 1. The van der Waals surface area contributed by atoms with Crippen molar-refractivity contribution in [2.45, 2.75) is 51.3 Å². The fourth-order valence-corrected chi connectivity index (χ4v) is 5.76. The molecule has 0 radical (unpaired) electrons. The standard InChI is InChI=1S/C24H26FN3O2/c1-3-24(29)11-30-10-13-8-28-9-15-21-18(26)5-4-14-12(2)17(25)7-19(22(14)21)27-23(15)20(28)6-16(13)24/h6-7,18,29H,3-5,8-11,26H2,1-2H3/t18-,24+/m1/s1. The Balaban J connectivity index is 1.61. The van der Waals surface area contributed by atoms with Gasteiger partial charge in [0, 0.05) is 36.1 Å². The third kappa shape index (κ3) is 2.30. The average molecular weight is 407 g/mol. The number of aryl methyl sites for hydroxylation is 1. The average Bonchev–Trinajstić information content (AvgIpc) is 3.09. The van der Waals surface area contributed by atoms with Gasteiger partial charge in [0.15, 0.2) is 0 Å². The molecular weight excluding hydrogens is 381 g/mol. The molecule has 0 unspecified atom stereocenters. The molecule has 2 aromatic rings. The molecule has 5 nitrogen and oxygen atoms in total. The molecule has 6 rings (SSSR count). The Morgan fingerprint density at radius 3 is 3.00 bits per heavy atom. The van der Waals surface area contributed by atoms with Crippen LogP contribution in [-0.4, -0.2) is 40.3 Å². The summed E-state index contributed by atoms with van der Waals surface area (Å²) in [4.78, 5) is 7.24. The summed E-state index contributed by atoms with van der Waals surface area (Å²) in [7, 11) is 0. The molecule has 3 N–H and O–H groups in total.